The fourth-order valence-corrected chi connectivity index (χ4v) is 2.56. The first-order valence-electron chi connectivity index (χ1n) is 7.35. The molecule has 2 N–H and O–H groups in total. The van der Waals surface area contributed by atoms with Gasteiger partial charge in [0.1, 0.15) is 11.6 Å². The Bertz CT molecular complexity index is 831. The summed E-state index contributed by atoms with van der Waals surface area (Å²) in [4.78, 5) is 23.3. The van der Waals surface area contributed by atoms with E-state index in [-0.39, 0.29) is 35.0 Å². The first kappa shape index (κ1) is 19.8. The summed E-state index contributed by atoms with van der Waals surface area (Å²) in [7, 11) is 0. The predicted octanol–water partition coefficient (Wildman–Crippen LogP) is 4.08. The molecule has 0 aliphatic rings. The van der Waals surface area contributed by atoms with Gasteiger partial charge in [-0.25, -0.2) is 4.39 Å². The summed E-state index contributed by atoms with van der Waals surface area (Å²) in [5.74, 6) is -2.02. The van der Waals surface area contributed by atoms with Crippen LogP contribution in [0.3, 0.4) is 0 Å². The summed E-state index contributed by atoms with van der Waals surface area (Å²) < 4.78 is 43.8. The van der Waals surface area contributed by atoms with Gasteiger partial charge in [0.15, 0.2) is 0 Å². The summed E-state index contributed by atoms with van der Waals surface area (Å²) >= 11 is 3.20. The normalized spacial score (nSPS) is 10.5. The van der Waals surface area contributed by atoms with Crippen LogP contribution in [0.5, 0.6) is 5.75 Å². The van der Waals surface area contributed by atoms with Crippen molar-refractivity contribution in [2.75, 3.05) is 5.32 Å². The van der Waals surface area contributed by atoms with Gasteiger partial charge in [0.2, 0.25) is 5.91 Å². The Morgan fingerprint density at radius 2 is 1.92 bits per heavy atom. The molecule has 0 fully saturated rings. The molecule has 0 radical (unpaired) electrons. The van der Waals surface area contributed by atoms with Gasteiger partial charge in [0.25, 0.3) is 5.91 Å². The van der Waals surface area contributed by atoms with Gasteiger partial charge < -0.3 is 15.4 Å². The standard InChI is InChI=1S/C17H14BrF3N2O3/c1-9(24)23-12-3-4-14(19)13(7-12)16(25)22-8-10-6-11(18)2-5-15(10)26-17(20)21/h2-7,17H,8H2,1H3,(H,22,25)(H,23,24). The molecule has 5 nitrogen and oxygen atoms in total. The van der Waals surface area contributed by atoms with E-state index in [1.54, 1.807) is 0 Å². The summed E-state index contributed by atoms with van der Waals surface area (Å²) in [5.41, 5.74) is 0.252. The number of carbonyl (C=O) groups is 2. The smallest absolute Gasteiger partial charge is 0.387 e. The van der Waals surface area contributed by atoms with Crippen molar-refractivity contribution in [3.63, 3.8) is 0 Å². The van der Waals surface area contributed by atoms with Crippen LogP contribution in [0.25, 0.3) is 0 Å². The maximum Gasteiger partial charge on any atom is 0.387 e. The van der Waals surface area contributed by atoms with Gasteiger partial charge in [-0.05, 0) is 36.4 Å². The van der Waals surface area contributed by atoms with Crippen LogP contribution in [0, 0.1) is 5.82 Å². The Hall–Kier alpha value is -2.55. The molecular formula is C17H14BrF3N2O3. The first-order valence-corrected chi connectivity index (χ1v) is 8.14. The highest BCUT2D eigenvalue weighted by Gasteiger charge is 2.15. The highest BCUT2D eigenvalue weighted by Crippen LogP contribution is 2.25. The van der Waals surface area contributed by atoms with Gasteiger partial charge >= 0.3 is 6.61 Å². The lowest BCUT2D eigenvalue weighted by molar-refractivity contribution is -0.114. The van der Waals surface area contributed by atoms with E-state index in [9.17, 15) is 22.8 Å². The molecular weight excluding hydrogens is 417 g/mol. The second-order valence-electron chi connectivity index (χ2n) is 5.19. The van der Waals surface area contributed by atoms with Crippen molar-refractivity contribution in [1.82, 2.24) is 5.32 Å². The zero-order valence-electron chi connectivity index (χ0n) is 13.5. The first-order chi connectivity index (χ1) is 12.3. The van der Waals surface area contributed by atoms with Crippen LogP contribution in [0.1, 0.15) is 22.8 Å². The number of ether oxygens (including phenoxy) is 1. The number of amides is 2. The maximum atomic E-state index is 13.9. The average Bonchev–Trinajstić information content (AvgIpc) is 2.55. The quantitative estimate of drug-likeness (QED) is 0.725. The molecule has 2 rings (SSSR count). The summed E-state index contributed by atoms with van der Waals surface area (Å²) in [6, 6.07) is 7.89. The number of hydrogen-bond donors (Lipinski definition) is 2. The predicted molar refractivity (Wildman–Crippen MR) is 92.6 cm³/mol. The second kappa shape index (κ2) is 8.70. The van der Waals surface area contributed by atoms with Crippen molar-refractivity contribution < 1.29 is 27.5 Å². The number of rotatable bonds is 6. The fraction of sp³-hybridized carbons (Fsp3) is 0.176. The summed E-state index contributed by atoms with van der Waals surface area (Å²) in [6.45, 7) is -1.90. The molecule has 0 spiro atoms. The van der Waals surface area contributed by atoms with Crippen molar-refractivity contribution in [2.45, 2.75) is 20.1 Å². The third kappa shape index (κ3) is 5.48. The van der Waals surface area contributed by atoms with Gasteiger partial charge in [-0.2, -0.15) is 8.78 Å². The molecule has 0 aromatic heterocycles. The number of nitrogens with one attached hydrogen (secondary N) is 2. The monoisotopic (exact) mass is 430 g/mol. The largest absolute Gasteiger partial charge is 0.434 e. The average molecular weight is 431 g/mol. The van der Waals surface area contributed by atoms with Crippen molar-refractivity contribution in [1.29, 1.82) is 0 Å². The Labute approximate surface area is 155 Å². The third-order valence-electron chi connectivity index (χ3n) is 3.21. The molecule has 138 valence electrons. The van der Waals surface area contributed by atoms with Crippen LogP contribution in [0.4, 0.5) is 18.9 Å². The lowest BCUT2D eigenvalue weighted by Gasteiger charge is -2.13. The van der Waals surface area contributed by atoms with Gasteiger partial charge in [0, 0.05) is 29.2 Å². The summed E-state index contributed by atoms with van der Waals surface area (Å²) in [6.07, 6.45) is 0. The van der Waals surface area contributed by atoms with Crippen LogP contribution in [0.2, 0.25) is 0 Å². The highest BCUT2D eigenvalue weighted by atomic mass is 79.9. The zero-order valence-corrected chi connectivity index (χ0v) is 15.1. The number of anilines is 1. The molecule has 0 aliphatic heterocycles. The van der Waals surface area contributed by atoms with Gasteiger partial charge in [-0.3, -0.25) is 9.59 Å². The molecule has 2 aromatic carbocycles. The van der Waals surface area contributed by atoms with Crippen LogP contribution < -0.4 is 15.4 Å². The third-order valence-corrected chi connectivity index (χ3v) is 3.70. The molecule has 2 amide bonds. The van der Waals surface area contributed by atoms with E-state index in [2.05, 4.69) is 31.3 Å². The minimum atomic E-state index is -3.02. The highest BCUT2D eigenvalue weighted by molar-refractivity contribution is 9.10. The Morgan fingerprint density at radius 3 is 2.58 bits per heavy atom. The van der Waals surface area contributed by atoms with Gasteiger partial charge in [-0.15, -0.1) is 0 Å². The van der Waals surface area contributed by atoms with Crippen molar-refractivity contribution in [3.05, 3.63) is 57.8 Å². The molecule has 0 unspecified atom stereocenters. The van der Waals surface area contributed by atoms with Gasteiger partial charge in [-0.1, -0.05) is 15.9 Å². The van der Waals surface area contributed by atoms with E-state index < -0.39 is 18.3 Å². The molecule has 26 heavy (non-hydrogen) atoms. The van der Waals surface area contributed by atoms with E-state index in [1.165, 1.54) is 37.3 Å². The molecule has 0 saturated heterocycles. The van der Waals surface area contributed by atoms with Crippen molar-refractivity contribution >= 4 is 33.4 Å². The van der Waals surface area contributed by atoms with Crippen LogP contribution in [-0.4, -0.2) is 18.4 Å². The molecule has 2 aromatic rings. The van der Waals surface area contributed by atoms with E-state index in [0.717, 1.165) is 6.07 Å². The molecule has 9 heteroatoms. The fourth-order valence-electron chi connectivity index (χ4n) is 2.15. The van der Waals surface area contributed by atoms with Crippen LogP contribution in [-0.2, 0) is 11.3 Å². The molecule has 0 heterocycles. The van der Waals surface area contributed by atoms with E-state index in [4.69, 9.17) is 0 Å². The number of benzene rings is 2. The van der Waals surface area contributed by atoms with Crippen LogP contribution in [0.15, 0.2) is 40.9 Å². The van der Waals surface area contributed by atoms with Crippen LogP contribution >= 0.6 is 15.9 Å². The second-order valence-corrected chi connectivity index (χ2v) is 6.10. The number of carbonyl (C=O) groups excluding carboxylic acids is 2. The Morgan fingerprint density at radius 1 is 1.19 bits per heavy atom. The van der Waals surface area contributed by atoms with Crippen molar-refractivity contribution in [2.24, 2.45) is 0 Å². The maximum absolute atomic E-state index is 13.9. The molecule has 0 bridgehead atoms. The Kier molecular flexibility index (Phi) is 6.62. The van der Waals surface area contributed by atoms with Crippen molar-refractivity contribution in [3.8, 4) is 5.75 Å². The molecule has 0 aliphatic carbocycles. The zero-order chi connectivity index (χ0) is 19.3. The Balaban J connectivity index is 2.16. The molecule has 0 saturated carbocycles. The number of alkyl halides is 2. The minimum absolute atomic E-state index is 0.101. The van der Waals surface area contributed by atoms with Gasteiger partial charge in [0.05, 0.1) is 5.56 Å². The number of halogens is 4. The van der Waals surface area contributed by atoms with E-state index in [1.807, 2.05) is 0 Å². The van der Waals surface area contributed by atoms with E-state index >= 15 is 0 Å². The SMILES string of the molecule is CC(=O)Nc1ccc(F)c(C(=O)NCc2cc(Br)ccc2OC(F)F)c1. The minimum Gasteiger partial charge on any atom is -0.434 e. The lowest BCUT2D eigenvalue weighted by atomic mass is 10.1. The molecule has 0 atom stereocenters. The van der Waals surface area contributed by atoms with E-state index in [0.29, 0.717) is 4.47 Å². The number of hydrogen-bond acceptors (Lipinski definition) is 3. The lowest BCUT2D eigenvalue weighted by Crippen LogP contribution is -2.24. The summed E-state index contributed by atoms with van der Waals surface area (Å²) in [5, 5.41) is 4.88. The topological polar surface area (TPSA) is 67.4 Å².